The first-order valence-corrected chi connectivity index (χ1v) is 8.66. The molecule has 2 aliphatic heterocycles. The first-order valence-electron chi connectivity index (χ1n) is 8.66. The lowest BCUT2D eigenvalue weighted by Crippen LogP contribution is -2.40. The number of benzene rings is 1. The molecule has 2 aromatic rings. The number of carbonyl (C=O) groups is 1. The molecule has 0 atom stereocenters. The van der Waals surface area contributed by atoms with E-state index >= 15 is 0 Å². The molecular weight excluding hydrogens is 350 g/mol. The van der Waals surface area contributed by atoms with Crippen molar-refractivity contribution in [1.29, 1.82) is 0 Å². The van der Waals surface area contributed by atoms with Gasteiger partial charge in [0.2, 0.25) is 0 Å². The highest BCUT2D eigenvalue weighted by Gasteiger charge is 2.29. The van der Waals surface area contributed by atoms with Crippen LogP contribution in [0.15, 0.2) is 23.0 Å². The summed E-state index contributed by atoms with van der Waals surface area (Å²) in [5, 5.41) is 18.9. The molecule has 140 valence electrons. The summed E-state index contributed by atoms with van der Waals surface area (Å²) in [6, 6.07) is 5.06. The lowest BCUT2D eigenvalue weighted by Gasteiger charge is -2.27. The maximum Gasteiger partial charge on any atom is 0.407 e. The molecule has 8 heteroatoms. The first kappa shape index (κ1) is 17.1. The molecule has 0 fully saturated rings. The van der Waals surface area contributed by atoms with Crippen molar-refractivity contribution < 1.29 is 19.7 Å². The Morgan fingerprint density at radius 1 is 1.30 bits per heavy atom. The third kappa shape index (κ3) is 2.92. The topological polar surface area (TPSA) is 105 Å². The number of methoxy groups -OCH3 is 1. The van der Waals surface area contributed by atoms with Crippen LogP contribution in [-0.2, 0) is 19.5 Å². The number of aromatic nitrogens is 2. The van der Waals surface area contributed by atoms with E-state index in [0.717, 1.165) is 23.3 Å². The Morgan fingerprint density at radius 3 is 2.85 bits per heavy atom. The predicted octanol–water partition coefficient (Wildman–Crippen LogP) is 1.94. The van der Waals surface area contributed by atoms with Gasteiger partial charge in [-0.25, -0.2) is 4.79 Å². The van der Waals surface area contributed by atoms with Crippen LogP contribution in [0, 0.1) is 0 Å². The Balaban J connectivity index is 1.74. The minimum Gasteiger partial charge on any atom is -0.504 e. The molecule has 0 spiro atoms. The van der Waals surface area contributed by atoms with E-state index in [4.69, 9.17) is 4.74 Å². The molecular formula is C19H19N3O5. The Morgan fingerprint density at radius 2 is 2.11 bits per heavy atom. The van der Waals surface area contributed by atoms with Crippen molar-refractivity contribution in [2.75, 3.05) is 13.7 Å². The fourth-order valence-electron chi connectivity index (χ4n) is 3.71. The van der Waals surface area contributed by atoms with Gasteiger partial charge in [0.1, 0.15) is 5.82 Å². The number of amides is 1. The Labute approximate surface area is 155 Å². The quantitative estimate of drug-likeness (QED) is 0.838. The second-order valence-corrected chi connectivity index (χ2v) is 6.62. The Bertz CT molecular complexity index is 1020. The molecule has 2 aliphatic rings. The van der Waals surface area contributed by atoms with Gasteiger partial charge in [0, 0.05) is 25.2 Å². The molecule has 8 nitrogen and oxygen atoms in total. The summed E-state index contributed by atoms with van der Waals surface area (Å²) in [5.74, 6) is 1.08. The van der Waals surface area contributed by atoms with Crippen LogP contribution in [0.5, 0.6) is 11.5 Å². The first-order chi connectivity index (χ1) is 13.0. The SMILES string of the molecule is COc1cc(C=C2CCn3c2nc(=O)c2c3CCN(C(=O)O)C2)ccc1O. The third-order valence-electron chi connectivity index (χ3n) is 5.07. The van der Waals surface area contributed by atoms with Crippen molar-refractivity contribution in [2.24, 2.45) is 0 Å². The molecule has 1 amide bonds. The summed E-state index contributed by atoms with van der Waals surface area (Å²) in [5.41, 5.74) is 2.77. The van der Waals surface area contributed by atoms with Gasteiger partial charge >= 0.3 is 6.09 Å². The molecule has 0 bridgehead atoms. The van der Waals surface area contributed by atoms with Gasteiger partial charge in [0.15, 0.2) is 11.5 Å². The van der Waals surface area contributed by atoms with E-state index in [1.54, 1.807) is 18.2 Å². The van der Waals surface area contributed by atoms with Crippen LogP contribution >= 0.6 is 0 Å². The number of phenols is 1. The minimum absolute atomic E-state index is 0.0675. The molecule has 0 radical (unpaired) electrons. The van der Waals surface area contributed by atoms with Crippen LogP contribution in [0.25, 0.3) is 11.6 Å². The van der Waals surface area contributed by atoms with Gasteiger partial charge in [0.25, 0.3) is 5.56 Å². The number of ether oxygens (including phenoxy) is 1. The molecule has 0 aliphatic carbocycles. The average molecular weight is 369 g/mol. The van der Waals surface area contributed by atoms with Crippen LogP contribution in [0.1, 0.15) is 29.1 Å². The summed E-state index contributed by atoms with van der Waals surface area (Å²) < 4.78 is 7.17. The number of fused-ring (bicyclic) bond motifs is 3. The van der Waals surface area contributed by atoms with Gasteiger partial charge in [-0.05, 0) is 35.8 Å². The zero-order valence-electron chi connectivity index (χ0n) is 14.8. The average Bonchev–Trinajstić information content (AvgIpc) is 3.05. The summed E-state index contributed by atoms with van der Waals surface area (Å²) in [6.07, 6.45) is 2.15. The van der Waals surface area contributed by atoms with Crippen LogP contribution in [0.3, 0.4) is 0 Å². The van der Waals surface area contributed by atoms with Gasteiger partial charge < -0.3 is 24.4 Å². The fraction of sp³-hybridized carbons (Fsp3) is 0.316. The lowest BCUT2D eigenvalue weighted by atomic mass is 10.1. The molecule has 4 rings (SSSR count). The van der Waals surface area contributed by atoms with Crippen LogP contribution < -0.4 is 10.3 Å². The van der Waals surface area contributed by atoms with Gasteiger partial charge in [-0.3, -0.25) is 4.79 Å². The molecule has 1 aromatic heterocycles. The van der Waals surface area contributed by atoms with Gasteiger partial charge in [-0.15, -0.1) is 0 Å². The molecule has 3 heterocycles. The summed E-state index contributed by atoms with van der Waals surface area (Å²) in [7, 11) is 1.49. The maximum absolute atomic E-state index is 12.5. The van der Waals surface area contributed by atoms with E-state index < -0.39 is 6.09 Å². The zero-order chi connectivity index (χ0) is 19.1. The molecule has 27 heavy (non-hydrogen) atoms. The fourth-order valence-corrected chi connectivity index (χ4v) is 3.71. The number of aromatic hydroxyl groups is 1. The van der Waals surface area contributed by atoms with E-state index in [-0.39, 0.29) is 17.9 Å². The van der Waals surface area contributed by atoms with E-state index in [9.17, 15) is 19.8 Å². The second-order valence-electron chi connectivity index (χ2n) is 6.62. The maximum atomic E-state index is 12.5. The largest absolute Gasteiger partial charge is 0.504 e. The third-order valence-corrected chi connectivity index (χ3v) is 5.07. The number of allylic oxidation sites excluding steroid dienone is 1. The van der Waals surface area contributed by atoms with Crippen LogP contribution in [0.4, 0.5) is 4.79 Å². The number of hydrogen-bond donors (Lipinski definition) is 2. The molecule has 1 aromatic carbocycles. The standard InChI is InChI=1S/C19H19N3O5/c1-27-16-9-11(2-3-15(16)23)8-12-4-7-22-14-5-6-21(19(25)26)10-13(14)18(24)20-17(12)22/h2-3,8-9,23H,4-7,10H2,1H3,(H,25,26). The number of phenolic OH excluding ortho intramolecular Hbond substituents is 1. The van der Waals surface area contributed by atoms with Crippen molar-refractivity contribution in [3.63, 3.8) is 0 Å². The van der Waals surface area contributed by atoms with E-state index in [1.807, 2.05) is 10.6 Å². The number of rotatable bonds is 2. The summed E-state index contributed by atoms with van der Waals surface area (Å²) in [6.45, 7) is 1.17. The van der Waals surface area contributed by atoms with Crippen molar-refractivity contribution in [3.05, 3.63) is 51.2 Å². The number of carboxylic acid groups (broad SMARTS) is 1. The predicted molar refractivity (Wildman–Crippen MR) is 97.8 cm³/mol. The highest BCUT2D eigenvalue weighted by Crippen LogP contribution is 2.32. The summed E-state index contributed by atoms with van der Waals surface area (Å²) in [4.78, 5) is 29.2. The monoisotopic (exact) mass is 369 g/mol. The van der Waals surface area contributed by atoms with Crippen LogP contribution in [0.2, 0.25) is 0 Å². The van der Waals surface area contributed by atoms with Gasteiger partial charge in [-0.1, -0.05) is 6.07 Å². The number of hydrogen-bond acceptors (Lipinski definition) is 5. The van der Waals surface area contributed by atoms with Crippen molar-refractivity contribution in [2.45, 2.75) is 25.9 Å². The molecule has 0 saturated carbocycles. The zero-order valence-corrected chi connectivity index (χ0v) is 14.8. The van der Waals surface area contributed by atoms with Crippen molar-refractivity contribution >= 4 is 17.7 Å². The van der Waals surface area contributed by atoms with Crippen LogP contribution in [-0.4, -0.2) is 44.4 Å². The highest BCUT2D eigenvalue weighted by molar-refractivity contribution is 5.81. The smallest absolute Gasteiger partial charge is 0.407 e. The Kier molecular flexibility index (Phi) is 4.10. The Hall–Kier alpha value is -3.29. The van der Waals surface area contributed by atoms with Crippen molar-refractivity contribution in [3.8, 4) is 11.5 Å². The number of nitrogens with zero attached hydrogens (tertiary/aromatic N) is 3. The van der Waals surface area contributed by atoms with Gasteiger partial charge in [-0.2, -0.15) is 4.98 Å². The highest BCUT2D eigenvalue weighted by atomic mass is 16.5. The van der Waals surface area contributed by atoms with Gasteiger partial charge in [0.05, 0.1) is 19.2 Å². The van der Waals surface area contributed by atoms with E-state index in [2.05, 4.69) is 4.98 Å². The minimum atomic E-state index is -1.02. The van der Waals surface area contributed by atoms with E-state index in [0.29, 0.717) is 36.6 Å². The second kappa shape index (κ2) is 6.46. The van der Waals surface area contributed by atoms with E-state index in [1.165, 1.54) is 12.0 Å². The molecule has 0 saturated heterocycles. The lowest BCUT2D eigenvalue weighted by molar-refractivity contribution is 0.138. The molecule has 0 unspecified atom stereocenters. The normalized spacial score (nSPS) is 16.9. The summed E-state index contributed by atoms with van der Waals surface area (Å²) >= 11 is 0. The van der Waals surface area contributed by atoms with Crippen molar-refractivity contribution in [1.82, 2.24) is 14.5 Å². The molecule has 2 N–H and O–H groups in total.